The Labute approximate surface area is 330 Å². The number of fused-ring (bicyclic) bond motifs is 3. The van der Waals surface area contributed by atoms with Gasteiger partial charge in [-0.05, 0) is 87.3 Å². The van der Waals surface area contributed by atoms with E-state index in [1.54, 1.807) is 0 Å². The van der Waals surface area contributed by atoms with Gasteiger partial charge in [-0.2, -0.15) is 0 Å². The molecule has 3 unspecified atom stereocenters. The zero-order valence-corrected chi connectivity index (χ0v) is 31.7. The van der Waals surface area contributed by atoms with E-state index in [1.165, 1.54) is 33.4 Å². The summed E-state index contributed by atoms with van der Waals surface area (Å²) in [7, 11) is 0. The Hall–Kier alpha value is -6.84. The molecule has 2 N–H and O–H groups in total. The first-order valence-electron chi connectivity index (χ1n) is 19.4. The predicted octanol–water partition coefficient (Wildman–Crippen LogP) is 12.9. The fraction of sp³-hybridized carbons (Fsp3) is 0.0943. The molecule has 0 saturated heterocycles. The molecule has 6 aromatic carbocycles. The van der Waals surface area contributed by atoms with Gasteiger partial charge in [-0.3, -0.25) is 0 Å². The zero-order valence-electron chi connectivity index (χ0n) is 31.7. The Morgan fingerprint density at radius 3 is 1.75 bits per heavy atom. The molecule has 270 valence electrons. The van der Waals surface area contributed by atoms with Crippen LogP contribution in [-0.4, -0.2) is 9.97 Å². The quantitative estimate of drug-likeness (QED) is 0.159. The monoisotopic (exact) mass is 721 g/mol. The fourth-order valence-corrected chi connectivity index (χ4v) is 9.01. The molecule has 3 heteroatoms. The van der Waals surface area contributed by atoms with E-state index >= 15 is 0 Å². The Kier molecular flexibility index (Phi) is 9.20. The van der Waals surface area contributed by atoms with Crippen LogP contribution in [0.2, 0.25) is 0 Å². The van der Waals surface area contributed by atoms with Gasteiger partial charge in [0, 0.05) is 22.6 Å². The summed E-state index contributed by atoms with van der Waals surface area (Å²) in [5, 5.41) is 0. The van der Waals surface area contributed by atoms with Crippen molar-refractivity contribution < 1.29 is 0 Å². The van der Waals surface area contributed by atoms with Crippen LogP contribution in [0.3, 0.4) is 0 Å². The molecule has 0 aliphatic heterocycles. The smallest absolute Gasteiger partial charge is 0.160 e. The molecule has 1 aromatic heterocycles. The number of hydrogen-bond acceptors (Lipinski definition) is 3. The fourth-order valence-electron chi connectivity index (χ4n) is 9.01. The van der Waals surface area contributed by atoms with Crippen LogP contribution in [-0.2, 0) is 5.41 Å². The van der Waals surface area contributed by atoms with Crippen LogP contribution < -0.4 is 5.73 Å². The molecule has 56 heavy (non-hydrogen) atoms. The summed E-state index contributed by atoms with van der Waals surface area (Å²) in [5.74, 6) is 1.18. The van der Waals surface area contributed by atoms with E-state index in [0.29, 0.717) is 11.7 Å². The standard InChI is InChI=1S/C53H43N3/c1-3-17-43(35-54)53(46-29-12-10-18-36(46)2)47-30-13-11-27-45(47)51-44(28-16-31-48(51)53)41-25-14-23-39(32-41)40-24-15-26-42(33-40)52-55-49(37-19-6-4-7-20-37)34-50(56-52)38-21-8-5-9-22-38/h3-36,46H,54H2,1-2H3/b17-3-,43-35+. The average molecular weight is 722 g/mol. The molecule has 0 saturated carbocycles. The Morgan fingerprint density at radius 1 is 0.554 bits per heavy atom. The van der Waals surface area contributed by atoms with Crippen molar-refractivity contribution in [2.75, 3.05) is 0 Å². The van der Waals surface area contributed by atoms with Crippen molar-refractivity contribution in [2.24, 2.45) is 17.6 Å². The zero-order chi connectivity index (χ0) is 38.1. The number of aromatic nitrogens is 2. The maximum absolute atomic E-state index is 6.59. The lowest BCUT2D eigenvalue weighted by Gasteiger charge is -2.43. The lowest BCUT2D eigenvalue weighted by Crippen LogP contribution is -2.39. The molecule has 0 fully saturated rings. The van der Waals surface area contributed by atoms with Gasteiger partial charge in [0.2, 0.25) is 0 Å². The normalized spacial score (nSPS) is 18.6. The van der Waals surface area contributed by atoms with Gasteiger partial charge < -0.3 is 5.73 Å². The van der Waals surface area contributed by atoms with Crippen LogP contribution in [0.5, 0.6) is 0 Å². The highest BCUT2D eigenvalue weighted by Crippen LogP contribution is 2.61. The molecule has 0 spiro atoms. The second kappa shape index (κ2) is 14.8. The van der Waals surface area contributed by atoms with E-state index in [0.717, 1.165) is 44.8 Å². The van der Waals surface area contributed by atoms with Crippen molar-refractivity contribution >= 4 is 0 Å². The number of nitrogens with zero attached hydrogens (tertiary/aromatic N) is 2. The molecule has 7 aromatic rings. The van der Waals surface area contributed by atoms with Gasteiger partial charge >= 0.3 is 0 Å². The summed E-state index contributed by atoms with van der Waals surface area (Å²) >= 11 is 0. The maximum Gasteiger partial charge on any atom is 0.160 e. The summed E-state index contributed by atoms with van der Waals surface area (Å²) in [4.78, 5) is 10.2. The van der Waals surface area contributed by atoms with E-state index in [-0.39, 0.29) is 5.92 Å². The van der Waals surface area contributed by atoms with Crippen LogP contribution in [0.25, 0.3) is 67.3 Å². The van der Waals surface area contributed by atoms with Crippen LogP contribution in [0.4, 0.5) is 0 Å². The first kappa shape index (κ1) is 34.9. The molecule has 2 aliphatic carbocycles. The third kappa shape index (κ3) is 5.93. The van der Waals surface area contributed by atoms with Crippen LogP contribution >= 0.6 is 0 Å². The van der Waals surface area contributed by atoms with E-state index in [4.69, 9.17) is 15.7 Å². The summed E-state index contributed by atoms with van der Waals surface area (Å²) in [6.45, 7) is 4.40. The lowest BCUT2D eigenvalue weighted by atomic mass is 9.59. The summed E-state index contributed by atoms with van der Waals surface area (Å²) < 4.78 is 0. The number of allylic oxidation sites excluding steroid dienone is 7. The van der Waals surface area contributed by atoms with Gasteiger partial charge in [0.1, 0.15) is 0 Å². The van der Waals surface area contributed by atoms with Crippen molar-refractivity contribution in [3.63, 3.8) is 0 Å². The van der Waals surface area contributed by atoms with Gasteiger partial charge in [0.25, 0.3) is 0 Å². The second-order valence-electron chi connectivity index (χ2n) is 14.7. The summed E-state index contributed by atoms with van der Waals surface area (Å²) in [5.41, 5.74) is 21.9. The van der Waals surface area contributed by atoms with Gasteiger partial charge in [-0.15, -0.1) is 0 Å². The molecule has 0 radical (unpaired) electrons. The first-order chi connectivity index (χ1) is 27.6. The lowest BCUT2D eigenvalue weighted by molar-refractivity contribution is 0.373. The van der Waals surface area contributed by atoms with Crippen molar-refractivity contribution in [1.82, 2.24) is 9.97 Å². The van der Waals surface area contributed by atoms with Crippen molar-refractivity contribution in [3.8, 4) is 67.3 Å². The molecule has 1 heterocycles. The van der Waals surface area contributed by atoms with Crippen molar-refractivity contribution in [3.05, 3.63) is 217 Å². The maximum atomic E-state index is 6.59. The van der Waals surface area contributed by atoms with E-state index in [9.17, 15) is 0 Å². The summed E-state index contributed by atoms with van der Waals surface area (Å²) in [6.07, 6.45) is 15.2. The van der Waals surface area contributed by atoms with Crippen molar-refractivity contribution in [1.29, 1.82) is 0 Å². The van der Waals surface area contributed by atoms with Gasteiger partial charge in [-0.1, -0.05) is 183 Å². The van der Waals surface area contributed by atoms with Crippen LogP contribution in [0.15, 0.2) is 206 Å². The molecule has 3 nitrogen and oxygen atoms in total. The van der Waals surface area contributed by atoms with E-state index in [2.05, 4.69) is 196 Å². The minimum Gasteiger partial charge on any atom is -0.404 e. The minimum atomic E-state index is -0.456. The number of hydrogen-bond donors (Lipinski definition) is 1. The number of benzene rings is 6. The molecule has 2 aliphatic rings. The minimum absolute atomic E-state index is 0.176. The molecular weight excluding hydrogens is 679 g/mol. The first-order valence-corrected chi connectivity index (χ1v) is 19.4. The third-order valence-corrected chi connectivity index (χ3v) is 11.5. The topological polar surface area (TPSA) is 51.8 Å². The van der Waals surface area contributed by atoms with Gasteiger partial charge in [0.15, 0.2) is 5.82 Å². The Balaban J connectivity index is 1.17. The SMILES string of the molecule is C/C=C\C(=C/N)C1(C2C=CC=CC2C)c2ccccc2-c2c(-c3cccc(-c4cccc(-c5nc(-c6ccccc6)cc(-c6ccccc6)n5)c4)c3)cccc21. The van der Waals surface area contributed by atoms with E-state index in [1.807, 2.05) is 18.3 Å². The highest BCUT2D eigenvalue weighted by atomic mass is 14.9. The highest BCUT2D eigenvalue weighted by molar-refractivity contribution is 5.95. The van der Waals surface area contributed by atoms with Gasteiger partial charge in [-0.25, -0.2) is 9.97 Å². The predicted molar refractivity (Wildman–Crippen MR) is 233 cm³/mol. The largest absolute Gasteiger partial charge is 0.404 e. The second-order valence-corrected chi connectivity index (χ2v) is 14.7. The van der Waals surface area contributed by atoms with E-state index < -0.39 is 5.41 Å². The number of rotatable bonds is 8. The molecule has 9 rings (SSSR count). The molecular formula is C53H43N3. The Bertz CT molecular complexity index is 2630. The summed E-state index contributed by atoms with van der Waals surface area (Å²) in [6, 6.07) is 56.0. The van der Waals surface area contributed by atoms with Gasteiger partial charge in [0.05, 0.1) is 16.8 Å². The van der Waals surface area contributed by atoms with Crippen LogP contribution in [0.1, 0.15) is 25.0 Å². The Morgan fingerprint density at radius 2 is 1.09 bits per heavy atom. The van der Waals surface area contributed by atoms with Crippen molar-refractivity contribution in [2.45, 2.75) is 19.3 Å². The van der Waals surface area contributed by atoms with Crippen LogP contribution in [0, 0.1) is 11.8 Å². The average Bonchev–Trinajstić information content (AvgIpc) is 3.57. The highest BCUT2D eigenvalue weighted by Gasteiger charge is 2.51. The number of nitrogens with two attached hydrogens (primary N) is 1. The molecule has 0 amide bonds. The molecule has 0 bridgehead atoms. The molecule has 3 atom stereocenters. The third-order valence-electron chi connectivity index (χ3n) is 11.5.